The van der Waals surface area contributed by atoms with E-state index >= 15 is 0 Å². The molecule has 0 heterocycles. The van der Waals surface area contributed by atoms with Crippen molar-refractivity contribution in [1.29, 1.82) is 0 Å². The minimum atomic E-state index is -4.17. The normalized spacial score (nSPS) is 11.6. The first-order valence-corrected chi connectivity index (χ1v) is 3.53. The average Bonchev–Trinajstić information content (AvgIpc) is 2.02. The molecule has 1 aromatic rings. The molecular formula is C9H8F3. The molecule has 0 saturated heterocycles. The smallest absolute Gasteiger partial charge is 0.171 e. The Bertz CT molecular complexity index is 225. The monoisotopic (exact) mass is 173 g/mol. The highest BCUT2D eigenvalue weighted by atomic mass is 19.4. The summed E-state index contributed by atoms with van der Waals surface area (Å²) in [4.78, 5) is 0. The number of alkyl halides is 3. The lowest BCUT2D eigenvalue weighted by atomic mass is 10.1. The van der Waals surface area contributed by atoms with E-state index in [9.17, 15) is 13.2 Å². The second-order valence-corrected chi connectivity index (χ2v) is 2.44. The fourth-order valence-electron chi connectivity index (χ4n) is 0.848. The van der Waals surface area contributed by atoms with Crippen molar-refractivity contribution in [2.45, 2.75) is 12.6 Å². The summed E-state index contributed by atoms with van der Waals surface area (Å²) in [7, 11) is 0. The van der Waals surface area contributed by atoms with Gasteiger partial charge in [-0.1, -0.05) is 30.3 Å². The maximum Gasteiger partial charge on any atom is 0.392 e. The molecule has 1 rings (SSSR count). The summed E-state index contributed by atoms with van der Waals surface area (Å²) < 4.78 is 35.1. The molecule has 65 valence electrons. The predicted molar refractivity (Wildman–Crippen MR) is 40.5 cm³/mol. The van der Waals surface area contributed by atoms with E-state index in [4.69, 9.17) is 0 Å². The number of hydrogen-bond acceptors (Lipinski definition) is 0. The Morgan fingerprint density at radius 1 is 1.08 bits per heavy atom. The summed E-state index contributed by atoms with van der Waals surface area (Å²) in [5.74, 6) is 0. The van der Waals surface area contributed by atoms with Crippen molar-refractivity contribution in [3.63, 3.8) is 0 Å². The molecule has 1 aromatic carbocycles. The van der Waals surface area contributed by atoms with Crippen LogP contribution in [0.1, 0.15) is 5.56 Å². The Kier molecular flexibility index (Phi) is 2.74. The zero-order valence-corrected chi connectivity index (χ0v) is 6.31. The van der Waals surface area contributed by atoms with E-state index in [-0.39, 0.29) is 6.42 Å². The Morgan fingerprint density at radius 2 is 1.67 bits per heavy atom. The van der Waals surface area contributed by atoms with Crippen LogP contribution in [0, 0.1) is 6.42 Å². The summed E-state index contributed by atoms with van der Waals surface area (Å²) in [6, 6.07) is 8.56. The quantitative estimate of drug-likeness (QED) is 0.644. The topological polar surface area (TPSA) is 0 Å². The Hall–Kier alpha value is -0.990. The van der Waals surface area contributed by atoms with Gasteiger partial charge < -0.3 is 0 Å². The van der Waals surface area contributed by atoms with Gasteiger partial charge in [-0.25, -0.2) is 0 Å². The summed E-state index contributed by atoms with van der Waals surface area (Å²) in [6.45, 7) is 0. The molecule has 3 heteroatoms. The SMILES string of the molecule is FC(F)(F)[CH]Cc1ccccc1. The maximum absolute atomic E-state index is 11.7. The van der Waals surface area contributed by atoms with Crippen LogP contribution >= 0.6 is 0 Å². The van der Waals surface area contributed by atoms with Crippen molar-refractivity contribution >= 4 is 0 Å². The van der Waals surface area contributed by atoms with Crippen LogP contribution in [0.25, 0.3) is 0 Å². The van der Waals surface area contributed by atoms with Crippen molar-refractivity contribution in [3.8, 4) is 0 Å². The molecule has 0 spiro atoms. The third-order valence-corrected chi connectivity index (χ3v) is 1.41. The lowest BCUT2D eigenvalue weighted by Crippen LogP contribution is -2.09. The van der Waals surface area contributed by atoms with Gasteiger partial charge in [0, 0.05) is 0 Å². The van der Waals surface area contributed by atoms with E-state index in [0.29, 0.717) is 12.0 Å². The molecule has 0 atom stereocenters. The van der Waals surface area contributed by atoms with Crippen LogP contribution in [-0.4, -0.2) is 6.18 Å². The zero-order chi connectivity index (χ0) is 9.03. The van der Waals surface area contributed by atoms with Crippen LogP contribution < -0.4 is 0 Å². The van der Waals surface area contributed by atoms with Gasteiger partial charge in [0.25, 0.3) is 0 Å². The van der Waals surface area contributed by atoms with Crippen molar-refractivity contribution < 1.29 is 13.2 Å². The predicted octanol–water partition coefficient (Wildman–Crippen LogP) is 3.00. The van der Waals surface area contributed by atoms with Gasteiger partial charge in [-0.3, -0.25) is 0 Å². The van der Waals surface area contributed by atoms with Crippen molar-refractivity contribution in [1.82, 2.24) is 0 Å². The number of halogens is 3. The lowest BCUT2D eigenvalue weighted by Gasteiger charge is -2.04. The van der Waals surface area contributed by atoms with Crippen molar-refractivity contribution in [2.24, 2.45) is 0 Å². The first kappa shape index (κ1) is 9.10. The molecule has 0 aromatic heterocycles. The van der Waals surface area contributed by atoms with E-state index in [2.05, 4.69) is 0 Å². The molecule has 1 radical (unpaired) electrons. The highest BCUT2D eigenvalue weighted by molar-refractivity contribution is 5.16. The van der Waals surface area contributed by atoms with Gasteiger partial charge in [0.2, 0.25) is 0 Å². The minimum absolute atomic E-state index is 0.0513. The number of rotatable bonds is 2. The van der Waals surface area contributed by atoms with Crippen molar-refractivity contribution in [3.05, 3.63) is 42.3 Å². The summed E-state index contributed by atoms with van der Waals surface area (Å²) >= 11 is 0. The Morgan fingerprint density at radius 3 is 2.17 bits per heavy atom. The summed E-state index contributed by atoms with van der Waals surface area (Å²) in [5, 5.41) is 0. The fraction of sp³-hybridized carbons (Fsp3) is 0.222. The molecule has 0 nitrogen and oxygen atoms in total. The molecule has 0 aliphatic carbocycles. The molecule has 0 bridgehead atoms. The van der Waals surface area contributed by atoms with Crippen LogP contribution in [0.5, 0.6) is 0 Å². The standard InChI is InChI=1S/C9H8F3/c10-9(11,12)7-6-8-4-2-1-3-5-8/h1-5,7H,6H2. The van der Waals surface area contributed by atoms with E-state index in [0.717, 1.165) is 0 Å². The zero-order valence-electron chi connectivity index (χ0n) is 6.31. The van der Waals surface area contributed by atoms with Gasteiger partial charge in [0.15, 0.2) is 0 Å². The molecule has 0 saturated carbocycles. The highest BCUT2D eigenvalue weighted by Gasteiger charge is 2.26. The molecule has 0 N–H and O–H groups in total. The molecule has 0 unspecified atom stereocenters. The van der Waals surface area contributed by atoms with Gasteiger partial charge in [-0.2, -0.15) is 13.2 Å². The maximum atomic E-state index is 11.7. The molecular weight excluding hydrogens is 165 g/mol. The second-order valence-electron chi connectivity index (χ2n) is 2.44. The highest BCUT2D eigenvalue weighted by Crippen LogP contribution is 2.20. The summed E-state index contributed by atoms with van der Waals surface area (Å²) in [5.41, 5.74) is 0.676. The largest absolute Gasteiger partial charge is 0.392 e. The van der Waals surface area contributed by atoms with Crippen LogP contribution in [0.2, 0.25) is 0 Å². The molecule has 0 aliphatic rings. The van der Waals surface area contributed by atoms with Gasteiger partial charge in [0.1, 0.15) is 0 Å². The summed E-state index contributed by atoms with van der Waals surface area (Å²) in [6.07, 6.45) is -3.87. The number of benzene rings is 1. The third kappa shape index (κ3) is 3.42. The van der Waals surface area contributed by atoms with Crippen LogP contribution in [0.4, 0.5) is 13.2 Å². The van der Waals surface area contributed by atoms with Crippen molar-refractivity contribution in [2.75, 3.05) is 0 Å². The minimum Gasteiger partial charge on any atom is -0.171 e. The second kappa shape index (κ2) is 3.61. The van der Waals surface area contributed by atoms with Gasteiger partial charge in [0.05, 0.1) is 6.42 Å². The Labute approximate surface area is 69.0 Å². The third-order valence-electron chi connectivity index (χ3n) is 1.41. The van der Waals surface area contributed by atoms with E-state index < -0.39 is 6.18 Å². The first-order chi connectivity index (χ1) is 5.58. The number of hydrogen-bond donors (Lipinski definition) is 0. The lowest BCUT2D eigenvalue weighted by molar-refractivity contribution is -0.0973. The van der Waals surface area contributed by atoms with E-state index in [1.54, 1.807) is 30.3 Å². The van der Waals surface area contributed by atoms with Crippen LogP contribution in [0.15, 0.2) is 30.3 Å². The van der Waals surface area contributed by atoms with Crippen LogP contribution in [0.3, 0.4) is 0 Å². The molecule has 0 aliphatic heterocycles. The van der Waals surface area contributed by atoms with Gasteiger partial charge >= 0.3 is 6.18 Å². The van der Waals surface area contributed by atoms with E-state index in [1.807, 2.05) is 0 Å². The molecule has 12 heavy (non-hydrogen) atoms. The van der Waals surface area contributed by atoms with Gasteiger partial charge in [-0.15, -0.1) is 0 Å². The van der Waals surface area contributed by atoms with Gasteiger partial charge in [-0.05, 0) is 12.0 Å². The van der Waals surface area contributed by atoms with E-state index in [1.165, 1.54) is 0 Å². The molecule has 0 fully saturated rings. The first-order valence-electron chi connectivity index (χ1n) is 3.53. The molecule has 0 amide bonds. The Balaban J connectivity index is 2.44. The van der Waals surface area contributed by atoms with Crippen LogP contribution in [-0.2, 0) is 6.42 Å². The average molecular weight is 173 g/mol. The fourth-order valence-corrected chi connectivity index (χ4v) is 0.848.